The van der Waals surface area contributed by atoms with Crippen molar-refractivity contribution in [3.63, 3.8) is 0 Å². The number of halogens is 3. The fourth-order valence-corrected chi connectivity index (χ4v) is 6.05. The van der Waals surface area contributed by atoms with Crippen molar-refractivity contribution < 1.29 is 27.6 Å². The summed E-state index contributed by atoms with van der Waals surface area (Å²) in [5.74, 6) is -1.22. The molecule has 13 heteroatoms. The Hall–Kier alpha value is -4.91. The minimum absolute atomic E-state index is 0.118. The molecule has 2 atom stereocenters. The Labute approximate surface area is 275 Å². The third-order valence-corrected chi connectivity index (χ3v) is 9.00. The fourth-order valence-electron chi connectivity index (χ4n) is 6.05. The third kappa shape index (κ3) is 8.32. The third-order valence-electron chi connectivity index (χ3n) is 9.00. The molecule has 0 saturated heterocycles. The number of fused-ring (bicyclic) bond motifs is 1. The van der Waals surface area contributed by atoms with E-state index < -0.39 is 30.1 Å². The van der Waals surface area contributed by atoms with Gasteiger partial charge in [-0.25, -0.2) is 4.79 Å². The zero-order valence-corrected chi connectivity index (χ0v) is 26.7. The van der Waals surface area contributed by atoms with Gasteiger partial charge in [0.25, 0.3) is 5.91 Å². The van der Waals surface area contributed by atoms with Gasteiger partial charge in [0.15, 0.2) is 0 Å². The summed E-state index contributed by atoms with van der Waals surface area (Å²) in [5.41, 5.74) is 10.2. The van der Waals surface area contributed by atoms with Gasteiger partial charge in [0.05, 0.1) is 11.0 Å². The van der Waals surface area contributed by atoms with E-state index in [0.717, 1.165) is 36.5 Å². The summed E-state index contributed by atoms with van der Waals surface area (Å²) in [6.45, 7) is 3.25. The number of rotatable bonds is 10. The molecular formula is C35H39F3N6O4. The summed E-state index contributed by atoms with van der Waals surface area (Å²) in [7, 11) is 0. The van der Waals surface area contributed by atoms with Crippen molar-refractivity contribution in [3.8, 4) is 11.1 Å². The number of carbonyl (C=O) groups is 3. The number of aromatic nitrogens is 2. The average molecular weight is 665 g/mol. The topological polar surface area (TPSA) is 162 Å². The van der Waals surface area contributed by atoms with E-state index in [2.05, 4.69) is 20.6 Å². The molecule has 3 aromatic carbocycles. The predicted molar refractivity (Wildman–Crippen MR) is 177 cm³/mol. The number of aromatic amines is 2. The number of anilines is 1. The lowest BCUT2D eigenvalue weighted by Gasteiger charge is -2.28. The van der Waals surface area contributed by atoms with Crippen molar-refractivity contribution in [1.29, 1.82) is 0 Å². The van der Waals surface area contributed by atoms with Crippen LogP contribution in [0, 0.1) is 18.8 Å². The number of carbonyl (C=O) groups excluding carboxylic acids is 3. The minimum Gasteiger partial charge on any atom is -0.344 e. The standard InChI is InChI=1S/C35H39F3N6O4/c1-19-15-25(32(46)40-20(2)35(36,37)38)11-13-27(19)23-7-3-21(4-8-23)16-30(42-31(45)24-9-5-22(18-39)6-10-24)33(47)41-26-12-14-28-29(17-26)44-34(48)43-28/h3-4,7-8,11-15,17,20,22,24,30H,5-6,9-10,16,18,39H2,1-2H3,(H,40,46)(H,41,47)(H,42,45)(H2,43,44,48)/t20?,22-,24-,30?. The molecule has 48 heavy (non-hydrogen) atoms. The smallest absolute Gasteiger partial charge is 0.344 e. The number of aryl methyl sites for hydroxylation is 1. The molecule has 1 aliphatic carbocycles. The highest BCUT2D eigenvalue weighted by Crippen LogP contribution is 2.29. The van der Waals surface area contributed by atoms with Crippen LogP contribution in [0.3, 0.4) is 0 Å². The molecular weight excluding hydrogens is 625 g/mol. The van der Waals surface area contributed by atoms with E-state index in [1.165, 1.54) is 6.07 Å². The van der Waals surface area contributed by atoms with E-state index in [0.29, 0.717) is 47.6 Å². The molecule has 5 rings (SSSR count). The molecule has 1 fully saturated rings. The number of amides is 3. The first-order valence-corrected chi connectivity index (χ1v) is 15.9. The highest BCUT2D eigenvalue weighted by Gasteiger charge is 2.37. The van der Waals surface area contributed by atoms with Crippen LogP contribution in [0.4, 0.5) is 18.9 Å². The average Bonchev–Trinajstić information content (AvgIpc) is 3.43. The van der Waals surface area contributed by atoms with Crippen molar-refractivity contribution >= 4 is 34.4 Å². The lowest BCUT2D eigenvalue weighted by atomic mass is 9.81. The maximum atomic E-state index is 13.6. The first-order chi connectivity index (χ1) is 22.8. The lowest BCUT2D eigenvalue weighted by Crippen LogP contribution is -2.48. The number of H-pyrrole nitrogens is 2. The van der Waals surface area contributed by atoms with Gasteiger partial charge in [-0.2, -0.15) is 13.2 Å². The Morgan fingerprint density at radius 3 is 2.25 bits per heavy atom. The fraction of sp³-hybridized carbons (Fsp3) is 0.371. The van der Waals surface area contributed by atoms with Crippen LogP contribution in [-0.2, 0) is 16.0 Å². The highest BCUT2D eigenvalue weighted by molar-refractivity contribution is 5.99. The molecule has 0 aliphatic heterocycles. The minimum atomic E-state index is -4.54. The summed E-state index contributed by atoms with van der Waals surface area (Å²) in [6, 6.07) is 14.2. The zero-order valence-electron chi connectivity index (χ0n) is 26.7. The number of hydrogen-bond acceptors (Lipinski definition) is 5. The molecule has 4 aromatic rings. The number of nitrogens with two attached hydrogens (primary N) is 1. The molecule has 0 spiro atoms. The highest BCUT2D eigenvalue weighted by atomic mass is 19.4. The summed E-state index contributed by atoms with van der Waals surface area (Å²) < 4.78 is 38.7. The van der Waals surface area contributed by atoms with Crippen molar-refractivity contribution in [2.75, 3.05) is 11.9 Å². The van der Waals surface area contributed by atoms with Crippen LogP contribution in [0.15, 0.2) is 65.5 Å². The van der Waals surface area contributed by atoms with Crippen LogP contribution >= 0.6 is 0 Å². The molecule has 1 aromatic heterocycles. The van der Waals surface area contributed by atoms with Crippen LogP contribution in [0.5, 0.6) is 0 Å². The quantitative estimate of drug-likeness (QED) is 0.141. The van der Waals surface area contributed by atoms with E-state index >= 15 is 0 Å². The molecule has 7 N–H and O–H groups in total. The van der Waals surface area contributed by atoms with E-state index in [1.54, 1.807) is 37.3 Å². The molecule has 1 aliphatic rings. The SMILES string of the molecule is Cc1cc(C(=O)NC(C)C(F)(F)F)ccc1-c1ccc(CC(NC(=O)[C@H]2CC[C@H](CN)CC2)C(=O)Nc2ccc3[nH]c(=O)[nH]c3c2)cc1. The van der Waals surface area contributed by atoms with Gasteiger partial charge < -0.3 is 31.7 Å². The van der Waals surface area contributed by atoms with E-state index in [9.17, 15) is 32.3 Å². The van der Waals surface area contributed by atoms with Gasteiger partial charge in [0.1, 0.15) is 12.1 Å². The second-order valence-corrected chi connectivity index (χ2v) is 12.5. The lowest BCUT2D eigenvalue weighted by molar-refractivity contribution is -0.149. The number of benzene rings is 3. The summed E-state index contributed by atoms with van der Waals surface area (Å²) in [6.07, 6.45) is -1.21. The van der Waals surface area contributed by atoms with E-state index in [1.807, 2.05) is 29.6 Å². The maximum Gasteiger partial charge on any atom is 0.408 e. The Bertz CT molecular complexity index is 1840. The zero-order chi connectivity index (χ0) is 34.6. The second kappa shape index (κ2) is 14.5. The second-order valence-electron chi connectivity index (χ2n) is 12.5. The van der Waals surface area contributed by atoms with Gasteiger partial charge in [-0.15, -0.1) is 0 Å². The van der Waals surface area contributed by atoms with Crippen molar-refractivity contribution in [1.82, 2.24) is 20.6 Å². The van der Waals surface area contributed by atoms with Gasteiger partial charge in [0.2, 0.25) is 11.8 Å². The molecule has 3 amide bonds. The molecule has 0 radical (unpaired) electrons. The maximum absolute atomic E-state index is 13.6. The van der Waals surface area contributed by atoms with E-state index in [4.69, 9.17) is 5.73 Å². The number of nitrogens with one attached hydrogen (secondary N) is 5. The number of alkyl halides is 3. The molecule has 1 saturated carbocycles. The summed E-state index contributed by atoms with van der Waals surface area (Å²) >= 11 is 0. The van der Waals surface area contributed by atoms with Crippen LogP contribution in [0.2, 0.25) is 0 Å². The number of imidazole rings is 1. The first-order valence-electron chi connectivity index (χ1n) is 15.9. The van der Waals surface area contributed by atoms with Gasteiger partial charge in [-0.05, 0) is 105 Å². The van der Waals surface area contributed by atoms with Crippen LogP contribution in [-0.4, -0.2) is 52.5 Å². The molecule has 2 unspecified atom stereocenters. The van der Waals surface area contributed by atoms with E-state index in [-0.39, 0.29) is 29.5 Å². The molecule has 254 valence electrons. The van der Waals surface area contributed by atoms with Gasteiger partial charge >= 0.3 is 11.9 Å². The predicted octanol–water partition coefficient (Wildman–Crippen LogP) is 4.94. The van der Waals surface area contributed by atoms with Crippen molar-refractivity contribution in [2.24, 2.45) is 17.6 Å². The van der Waals surface area contributed by atoms with Gasteiger partial charge in [-0.3, -0.25) is 14.4 Å². The van der Waals surface area contributed by atoms with Crippen LogP contribution in [0.25, 0.3) is 22.2 Å². The Morgan fingerprint density at radius 1 is 0.917 bits per heavy atom. The van der Waals surface area contributed by atoms with Crippen LogP contribution < -0.4 is 27.4 Å². The molecule has 10 nitrogen and oxygen atoms in total. The van der Waals surface area contributed by atoms with Crippen LogP contribution in [0.1, 0.15) is 54.1 Å². The number of hydrogen-bond donors (Lipinski definition) is 6. The molecule has 0 bridgehead atoms. The normalized spacial score (nSPS) is 17.8. The van der Waals surface area contributed by atoms with Crippen molar-refractivity contribution in [2.45, 2.75) is 64.2 Å². The van der Waals surface area contributed by atoms with Crippen molar-refractivity contribution in [3.05, 3.63) is 87.8 Å². The Balaban J connectivity index is 1.31. The monoisotopic (exact) mass is 664 g/mol. The Kier molecular flexibility index (Phi) is 10.4. The Morgan fingerprint density at radius 2 is 1.60 bits per heavy atom. The first kappa shape index (κ1) is 34.4. The summed E-state index contributed by atoms with van der Waals surface area (Å²) in [5, 5.41) is 7.81. The van der Waals surface area contributed by atoms with Gasteiger partial charge in [-0.1, -0.05) is 30.3 Å². The largest absolute Gasteiger partial charge is 0.408 e. The van der Waals surface area contributed by atoms with Gasteiger partial charge in [0, 0.05) is 23.6 Å². The summed E-state index contributed by atoms with van der Waals surface area (Å²) in [4.78, 5) is 56.3. The molecule has 1 heterocycles.